The molecule has 0 aliphatic heterocycles. The van der Waals surface area contributed by atoms with E-state index in [1.165, 1.54) is 7.11 Å². The van der Waals surface area contributed by atoms with E-state index in [2.05, 4.69) is 5.32 Å². The van der Waals surface area contributed by atoms with Gasteiger partial charge in [0, 0.05) is 17.1 Å². The molecular formula is C15H16ClNO3. The first-order chi connectivity index (χ1) is 9.65. The summed E-state index contributed by atoms with van der Waals surface area (Å²) in [5.74, 6) is 1.27. The van der Waals surface area contributed by atoms with Crippen LogP contribution in [-0.4, -0.2) is 19.3 Å². The first-order valence-electron chi connectivity index (χ1n) is 6.08. The number of phenolic OH excluding ortho intramolecular Hbond substituents is 1. The molecule has 5 heteroatoms. The van der Waals surface area contributed by atoms with Crippen LogP contribution in [0, 0.1) is 0 Å². The van der Waals surface area contributed by atoms with Gasteiger partial charge in [0.2, 0.25) is 0 Å². The molecule has 106 valence electrons. The van der Waals surface area contributed by atoms with Gasteiger partial charge in [0.05, 0.1) is 19.9 Å². The van der Waals surface area contributed by atoms with Crippen LogP contribution in [0.2, 0.25) is 5.02 Å². The third kappa shape index (κ3) is 3.08. The van der Waals surface area contributed by atoms with Crippen LogP contribution >= 0.6 is 11.6 Å². The maximum Gasteiger partial charge on any atom is 0.162 e. The summed E-state index contributed by atoms with van der Waals surface area (Å²) in [6.07, 6.45) is 0. The van der Waals surface area contributed by atoms with E-state index in [1.807, 2.05) is 12.1 Å². The van der Waals surface area contributed by atoms with Crippen LogP contribution in [0.15, 0.2) is 36.4 Å². The van der Waals surface area contributed by atoms with Crippen molar-refractivity contribution in [3.63, 3.8) is 0 Å². The van der Waals surface area contributed by atoms with Gasteiger partial charge < -0.3 is 19.9 Å². The number of ether oxygens (including phenoxy) is 2. The average molecular weight is 294 g/mol. The SMILES string of the molecule is COc1ccc(Cl)cc1NCc1cccc(OC)c1O. The topological polar surface area (TPSA) is 50.7 Å². The van der Waals surface area contributed by atoms with E-state index >= 15 is 0 Å². The molecule has 0 atom stereocenters. The molecule has 0 saturated carbocycles. The lowest BCUT2D eigenvalue weighted by atomic mass is 10.1. The number of phenols is 1. The minimum Gasteiger partial charge on any atom is -0.504 e. The summed E-state index contributed by atoms with van der Waals surface area (Å²) in [5.41, 5.74) is 1.49. The molecule has 0 aliphatic rings. The number of nitrogens with one attached hydrogen (secondary N) is 1. The highest BCUT2D eigenvalue weighted by molar-refractivity contribution is 6.30. The Bertz CT molecular complexity index is 602. The largest absolute Gasteiger partial charge is 0.504 e. The number of methoxy groups -OCH3 is 2. The van der Waals surface area contributed by atoms with E-state index in [1.54, 1.807) is 31.4 Å². The highest BCUT2D eigenvalue weighted by atomic mass is 35.5. The Hall–Kier alpha value is -2.07. The normalized spacial score (nSPS) is 10.2. The van der Waals surface area contributed by atoms with Gasteiger partial charge in [0.15, 0.2) is 11.5 Å². The zero-order chi connectivity index (χ0) is 14.5. The summed E-state index contributed by atoms with van der Waals surface area (Å²) < 4.78 is 10.3. The molecule has 0 unspecified atom stereocenters. The van der Waals surface area contributed by atoms with Crippen LogP contribution in [-0.2, 0) is 6.54 Å². The fourth-order valence-corrected chi connectivity index (χ4v) is 2.06. The molecule has 2 aromatic carbocycles. The molecule has 0 amide bonds. The van der Waals surface area contributed by atoms with Crippen molar-refractivity contribution in [1.82, 2.24) is 0 Å². The van der Waals surface area contributed by atoms with Gasteiger partial charge in [-0.25, -0.2) is 0 Å². The molecule has 0 fully saturated rings. The number of benzene rings is 2. The zero-order valence-electron chi connectivity index (χ0n) is 11.3. The Morgan fingerprint density at radius 2 is 1.85 bits per heavy atom. The van der Waals surface area contributed by atoms with E-state index in [9.17, 15) is 5.11 Å². The van der Waals surface area contributed by atoms with E-state index < -0.39 is 0 Å². The van der Waals surface area contributed by atoms with Crippen LogP contribution in [0.25, 0.3) is 0 Å². The molecule has 2 N–H and O–H groups in total. The standard InChI is InChI=1S/C15H16ClNO3/c1-19-13-7-6-11(16)8-12(13)17-9-10-4-3-5-14(20-2)15(10)18/h3-8,17-18H,9H2,1-2H3. The quantitative estimate of drug-likeness (QED) is 0.883. The number of para-hydroxylation sites is 1. The first kappa shape index (κ1) is 14.3. The van der Waals surface area contributed by atoms with Gasteiger partial charge in [0.25, 0.3) is 0 Å². The first-order valence-corrected chi connectivity index (χ1v) is 6.45. The smallest absolute Gasteiger partial charge is 0.162 e. The highest BCUT2D eigenvalue weighted by Gasteiger charge is 2.08. The molecule has 0 aliphatic carbocycles. The van der Waals surface area contributed by atoms with Gasteiger partial charge in [-0.3, -0.25) is 0 Å². The maximum atomic E-state index is 10.0. The molecule has 2 rings (SSSR count). The van der Waals surface area contributed by atoms with Crippen molar-refractivity contribution in [2.75, 3.05) is 19.5 Å². The van der Waals surface area contributed by atoms with E-state index in [-0.39, 0.29) is 5.75 Å². The summed E-state index contributed by atoms with van der Waals surface area (Å²) in [6, 6.07) is 10.7. The second-order valence-corrected chi connectivity index (χ2v) is 4.60. The predicted octanol–water partition coefficient (Wildman–Crippen LogP) is 3.67. The molecule has 0 heterocycles. The molecule has 0 radical (unpaired) electrons. The molecule has 2 aromatic rings. The number of hydrogen-bond acceptors (Lipinski definition) is 4. The summed E-state index contributed by atoms with van der Waals surface area (Å²) in [5, 5.41) is 13.8. The Morgan fingerprint density at radius 1 is 1.10 bits per heavy atom. The molecule has 4 nitrogen and oxygen atoms in total. The number of rotatable bonds is 5. The third-order valence-electron chi connectivity index (χ3n) is 2.93. The minimum absolute atomic E-state index is 0.128. The van der Waals surface area contributed by atoms with Crippen LogP contribution < -0.4 is 14.8 Å². The van der Waals surface area contributed by atoms with Gasteiger partial charge in [-0.2, -0.15) is 0 Å². The lowest BCUT2D eigenvalue weighted by Crippen LogP contribution is -2.02. The fourth-order valence-electron chi connectivity index (χ4n) is 1.88. The van der Waals surface area contributed by atoms with E-state index in [0.29, 0.717) is 23.1 Å². The van der Waals surface area contributed by atoms with Crippen molar-refractivity contribution in [1.29, 1.82) is 0 Å². The van der Waals surface area contributed by atoms with Gasteiger partial charge in [-0.1, -0.05) is 23.7 Å². The van der Waals surface area contributed by atoms with Crippen LogP contribution in [0.5, 0.6) is 17.2 Å². The molecular weight excluding hydrogens is 278 g/mol. The average Bonchev–Trinajstić information content (AvgIpc) is 2.46. The Labute approximate surface area is 122 Å². The summed E-state index contributed by atoms with van der Waals surface area (Å²) in [4.78, 5) is 0. The monoisotopic (exact) mass is 293 g/mol. The molecule has 0 aromatic heterocycles. The molecule has 0 spiro atoms. The van der Waals surface area contributed by atoms with Crippen molar-refractivity contribution >= 4 is 17.3 Å². The number of halogens is 1. The Morgan fingerprint density at radius 3 is 2.55 bits per heavy atom. The van der Waals surface area contributed by atoms with Crippen LogP contribution in [0.4, 0.5) is 5.69 Å². The lowest BCUT2D eigenvalue weighted by Gasteiger charge is -2.13. The number of aromatic hydroxyl groups is 1. The Kier molecular flexibility index (Phi) is 4.58. The lowest BCUT2D eigenvalue weighted by molar-refractivity contribution is 0.371. The molecule has 20 heavy (non-hydrogen) atoms. The van der Waals surface area contributed by atoms with Gasteiger partial charge in [-0.15, -0.1) is 0 Å². The van der Waals surface area contributed by atoms with Crippen LogP contribution in [0.1, 0.15) is 5.56 Å². The molecule has 0 bridgehead atoms. The van der Waals surface area contributed by atoms with Gasteiger partial charge in [0.1, 0.15) is 5.75 Å². The van der Waals surface area contributed by atoms with Crippen molar-refractivity contribution in [3.05, 3.63) is 47.0 Å². The van der Waals surface area contributed by atoms with Gasteiger partial charge >= 0.3 is 0 Å². The second-order valence-electron chi connectivity index (χ2n) is 4.17. The number of anilines is 1. The minimum atomic E-state index is 0.128. The van der Waals surface area contributed by atoms with Crippen molar-refractivity contribution < 1.29 is 14.6 Å². The van der Waals surface area contributed by atoms with Crippen molar-refractivity contribution in [3.8, 4) is 17.2 Å². The Balaban J connectivity index is 2.19. The van der Waals surface area contributed by atoms with E-state index in [4.69, 9.17) is 21.1 Å². The van der Waals surface area contributed by atoms with Crippen molar-refractivity contribution in [2.24, 2.45) is 0 Å². The number of hydrogen-bond donors (Lipinski definition) is 2. The van der Waals surface area contributed by atoms with Crippen LogP contribution in [0.3, 0.4) is 0 Å². The molecule has 0 saturated heterocycles. The summed E-state index contributed by atoms with van der Waals surface area (Å²) >= 11 is 5.97. The third-order valence-corrected chi connectivity index (χ3v) is 3.17. The second kappa shape index (κ2) is 6.39. The summed E-state index contributed by atoms with van der Waals surface area (Å²) in [7, 11) is 3.11. The maximum absolute atomic E-state index is 10.0. The highest BCUT2D eigenvalue weighted by Crippen LogP contribution is 2.32. The van der Waals surface area contributed by atoms with Gasteiger partial charge in [-0.05, 0) is 24.3 Å². The summed E-state index contributed by atoms with van der Waals surface area (Å²) in [6.45, 7) is 0.430. The fraction of sp³-hybridized carbons (Fsp3) is 0.200. The van der Waals surface area contributed by atoms with E-state index in [0.717, 1.165) is 11.3 Å². The predicted molar refractivity (Wildman–Crippen MR) is 80.0 cm³/mol. The van der Waals surface area contributed by atoms with Crippen molar-refractivity contribution in [2.45, 2.75) is 6.54 Å². The zero-order valence-corrected chi connectivity index (χ0v) is 12.1.